The molecule has 0 spiro atoms. The molecule has 144 valence electrons. The van der Waals surface area contributed by atoms with Gasteiger partial charge in [-0.15, -0.1) is 0 Å². The molecule has 5 fully saturated rings. The first-order valence-corrected chi connectivity index (χ1v) is 11.4. The summed E-state index contributed by atoms with van der Waals surface area (Å²) in [4.78, 5) is 2.97. The second kappa shape index (κ2) is 5.10. The highest BCUT2D eigenvalue weighted by Crippen LogP contribution is 2.74. The zero-order valence-electron chi connectivity index (χ0n) is 16.5. The molecule has 27 heavy (non-hydrogen) atoms. The van der Waals surface area contributed by atoms with Crippen LogP contribution in [0.4, 0.5) is 0 Å². The molecule has 2 heterocycles. The minimum absolute atomic E-state index is 0.414. The van der Waals surface area contributed by atoms with E-state index in [9.17, 15) is 0 Å². The monoisotopic (exact) mass is 364 g/mol. The average Bonchev–Trinajstić information content (AvgIpc) is 3.35. The first-order valence-electron chi connectivity index (χ1n) is 11.4. The molecule has 0 radical (unpaired) electrons. The van der Waals surface area contributed by atoms with E-state index < -0.39 is 0 Å². The smallest absolute Gasteiger partial charge is 0.119 e. The lowest BCUT2D eigenvalue weighted by atomic mass is 9.43. The number of likely N-dealkylation sites (tertiary alicyclic amines) is 1. The van der Waals surface area contributed by atoms with Crippen LogP contribution in [0.2, 0.25) is 0 Å². The maximum Gasteiger partial charge on any atom is 0.119 e. The Balaban J connectivity index is 1.44. The zero-order valence-corrected chi connectivity index (χ0v) is 16.5. The van der Waals surface area contributed by atoms with Gasteiger partial charge in [0.1, 0.15) is 5.75 Å². The molecule has 7 rings (SSSR count). The number of piperidine rings is 1. The summed E-state index contributed by atoms with van der Waals surface area (Å²) in [5, 5.41) is 3.94. The lowest BCUT2D eigenvalue weighted by Gasteiger charge is -2.66. The van der Waals surface area contributed by atoms with Gasteiger partial charge in [0.05, 0.1) is 7.11 Å². The highest BCUT2D eigenvalue weighted by molar-refractivity contribution is 5.51. The fourth-order valence-electron chi connectivity index (χ4n) is 8.91. The van der Waals surface area contributed by atoms with Crippen molar-refractivity contribution in [2.45, 2.75) is 62.4 Å². The second-order valence-electron chi connectivity index (χ2n) is 10.6. The maximum atomic E-state index is 5.71. The lowest BCUT2D eigenvalue weighted by molar-refractivity contribution is -0.0941. The van der Waals surface area contributed by atoms with E-state index in [1.54, 1.807) is 11.1 Å². The van der Waals surface area contributed by atoms with E-state index in [-0.39, 0.29) is 0 Å². The Bertz CT molecular complexity index is 804. The highest BCUT2D eigenvalue weighted by atomic mass is 16.5. The molecular weight excluding hydrogens is 332 g/mol. The van der Waals surface area contributed by atoms with Gasteiger partial charge in [0, 0.05) is 24.0 Å². The van der Waals surface area contributed by atoms with Crippen molar-refractivity contribution in [3.05, 3.63) is 29.3 Å². The molecule has 3 saturated carbocycles. The molecule has 4 bridgehead atoms. The molecular formula is C24H32N2O. The molecule has 3 nitrogen and oxygen atoms in total. The van der Waals surface area contributed by atoms with Crippen molar-refractivity contribution in [3.63, 3.8) is 0 Å². The molecule has 0 aromatic heterocycles. The van der Waals surface area contributed by atoms with Gasteiger partial charge in [-0.1, -0.05) is 6.07 Å². The summed E-state index contributed by atoms with van der Waals surface area (Å²) < 4.78 is 5.71. The van der Waals surface area contributed by atoms with E-state index in [1.165, 1.54) is 64.6 Å². The third kappa shape index (κ3) is 1.78. The molecule has 1 aromatic rings. The molecule has 2 saturated heterocycles. The van der Waals surface area contributed by atoms with Crippen LogP contribution >= 0.6 is 0 Å². The van der Waals surface area contributed by atoms with E-state index in [0.717, 1.165) is 35.6 Å². The van der Waals surface area contributed by atoms with E-state index in [0.29, 0.717) is 10.8 Å². The minimum Gasteiger partial charge on any atom is -0.497 e. The first-order chi connectivity index (χ1) is 13.2. The van der Waals surface area contributed by atoms with Crippen LogP contribution < -0.4 is 10.1 Å². The van der Waals surface area contributed by atoms with Crippen LogP contribution in [0.25, 0.3) is 0 Å². The van der Waals surface area contributed by atoms with E-state index >= 15 is 0 Å². The van der Waals surface area contributed by atoms with Gasteiger partial charge in [0.2, 0.25) is 0 Å². The Morgan fingerprint density at radius 3 is 3.00 bits per heavy atom. The van der Waals surface area contributed by atoms with Crippen LogP contribution in [0.15, 0.2) is 18.2 Å². The van der Waals surface area contributed by atoms with Gasteiger partial charge in [-0.05, 0) is 104 Å². The normalized spacial score (nSPS) is 46.9. The van der Waals surface area contributed by atoms with Gasteiger partial charge in [-0.3, -0.25) is 4.90 Å². The highest BCUT2D eigenvalue weighted by Gasteiger charge is 2.74. The predicted molar refractivity (Wildman–Crippen MR) is 106 cm³/mol. The van der Waals surface area contributed by atoms with Gasteiger partial charge < -0.3 is 10.1 Å². The SMILES string of the molecule is COc1ccc2c(c1)C13CCN(CC4CC4)C(C2)C12CCC1NC[C@@H](C2)C13. The van der Waals surface area contributed by atoms with Crippen molar-refractivity contribution in [3.8, 4) is 5.75 Å². The van der Waals surface area contributed by atoms with Crippen molar-refractivity contribution in [1.82, 2.24) is 10.2 Å². The molecule has 6 atom stereocenters. The summed E-state index contributed by atoms with van der Waals surface area (Å²) in [7, 11) is 1.83. The van der Waals surface area contributed by atoms with Crippen molar-refractivity contribution < 1.29 is 4.74 Å². The molecule has 6 aliphatic rings. The molecule has 0 amide bonds. The van der Waals surface area contributed by atoms with Crippen LogP contribution in [0.1, 0.15) is 49.7 Å². The fourth-order valence-corrected chi connectivity index (χ4v) is 8.91. The lowest BCUT2D eigenvalue weighted by Crippen LogP contribution is -2.69. The predicted octanol–water partition coefficient (Wildman–Crippen LogP) is 3.36. The number of nitrogens with one attached hydrogen (secondary N) is 1. The van der Waals surface area contributed by atoms with E-state index in [1.807, 2.05) is 7.11 Å². The van der Waals surface area contributed by atoms with Crippen molar-refractivity contribution in [2.24, 2.45) is 23.2 Å². The number of ether oxygens (including phenoxy) is 1. The number of nitrogens with zero attached hydrogens (tertiary/aromatic N) is 1. The minimum atomic E-state index is 0.414. The standard InChI is InChI=1S/C24H32N2O/c1-27-18-5-4-16-10-21-23-7-6-20-22(17(12-23)13-25-20)24(23,19(16)11-18)8-9-26(21)14-15-2-3-15/h4-5,11,15,17,20-22,25H,2-3,6-10,12-14H2,1H3/t17-,20?,21?,22?,23?,24?/m1/s1. The molecule has 1 N–H and O–H groups in total. The molecule has 5 unspecified atom stereocenters. The third-order valence-electron chi connectivity index (χ3n) is 9.84. The van der Waals surface area contributed by atoms with Crippen LogP contribution in [0.5, 0.6) is 5.75 Å². The Labute approximate surface area is 162 Å². The molecule has 1 aromatic carbocycles. The Morgan fingerprint density at radius 1 is 1.22 bits per heavy atom. The van der Waals surface area contributed by atoms with Crippen molar-refractivity contribution >= 4 is 0 Å². The van der Waals surface area contributed by atoms with Crippen LogP contribution in [-0.2, 0) is 11.8 Å². The Hall–Kier alpha value is -1.06. The summed E-state index contributed by atoms with van der Waals surface area (Å²) in [6.45, 7) is 3.98. The Kier molecular flexibility index (Phi) is 2.99. The van der Waals surface area contributed by atoms with E-state index in [4.69, 9.17) is 4.74 Å². The van der Waals surface area contributed by atoms with Gasteiger partial charge in [-0.25, -0.2) is 0 Å². The van der Waals surface area contributed by atoms with Gasteiger partial charge in [0.15, 0.2) is 0 Å². The number of rotatable bonds is 3. The van der Waals surface area contributed by atoms with Gasteiger partial charge >= 0.3 is 0 Å². The largest absolute Gasteiger partial charge is 0.497 e. The number of hydrogen-bond acceptors (Lipinski definition) is 3. The summed E-state index contributed by atoms with van der Waals surface area (Å²) in [5.74, 6) is 3.84. The van der Waals surface area contributed by atoms with Gasteiger partial charge in [-0.2, -0.15) is 0 Å². The fraction of sp³-hybridized carbons (Fsp3) is 0.750. The number of methoxy groups -OCH3 is 1. The third-order valence-corrected chi connectivity index (χ3v) is 9.84. The number of hydrogen-bond donors (Lipinski definition) is 1. The first kappa shape index (κ1) is 15.8. The summed E-state index contributed by atoms with van der Waals surface area (Å²) >= 11 is 0. The topological polar surface area (TPSA) is 24.5 Å². The van der Waals surface area contributed by atoms with Crippen molar-refractivity contribution in [1.29, 1.82) is 0 Å². The quantitative estimate of drug-likeness (QED) is 0.890. The summed E-state index contributed by atoms with van der Waals surface area (Å²) in [5.41, 5.74) is 4.29. The average molecular weight is 365 g/mol. The van der Waals surface area contributed by atoms with Gasteiger partial charge in [0.25, 0.3) is 0 Å². The maximum absolute atomic E-state index is 5.71. The van der Waals surface area contributed by atoms with Crippen LogP contribution in [0, 0.1) is 23.2 Å². The van der Waals surface area contributed by atoms with Crippen LogP contribution in [-0.4, -0.2) is 43.7 Å². The summed E-state index contributed by atoms with van der Waals surface area (Å²) in [6.07, 6.45) is 9.96. The molecule has 3 heteroatoms. The summed E-state index contributed by atoms with van der Waals surface area (Å²) in [6, 6.07) is 8.64. The van der Waals surface area contributed by atoms with E-state index in [2.05, 4.69) is 28.4 Å². The Morgan fingerprint density at radius 2 is 2.15 bits per heavy atom. The number of fused-ring (bicyclic) bond motifs is 1. The van der Waals surface area contributed by atoms with Crippen LogP contribution in [0.3, 0.4) is 0 Å². The number of benzene rings is 1. The second-order valence-corrected chi connectivity index (χ2v) is 10.6. The molecule has 4 aliphatic carbocycles. The zero-order chi connectivity index (χ0) is 17.8. The molecule has 2 aliphatic heterocycles. The van der Waals surface area contributed by atoms with Crippen molar-refractivity contribution in [2.75, 3.05) is 26.7 Å².